The van der Waals surface area contributed by atoms with Gasteiger partial charge in [-0.2, -0.15) is 10.2 Å². The Morgan fingerprint density at radius 3 is 2.53 bits per heavy atom. The van der Waals surface area contributed by atoms with Gasteiger partial charge in [-0.3, -0.25) is 9.48 Å². The molecular formula is C26H23BrN6O. The van der Waals surface area contributed by atoms with Crippen LogP contribution >= 0.6 is 15.9 Å². The highest BCUT2D eigenvalue weighted by Gasteiger charge is 2.17. The number of benzene rings is 2. The number of halogens is 1. The normalized spacial score (nSPS) is 11.1. The van der Waals surface area contributed by atoms with E-state index in [0.717, 1.165) is 32.2 Å². The third kappa shape index (κ3) is 4.49. The molecule has 5 aromatic rings. The fraction of sp³-hybridized carbons (Fsp3) is 0.154. The zero-order chi connectivity index (χ0) is 23.7. The molecule has 0 unspecified atom stereocenters. The van der Waals surface area contributed by atoms with Crippen LogP contribution in [0.15, 0.2) is 77.5 Å². The lowest BCUT2D eigenvalue weighted by Crippen LogP contribution is -2.20. The number of anilines is 1. The maximum absolute atomic E-state index is 12.9. The molecule has 0 aliphatic rings. The number of amides is 1. The number of nitrogens with one attached hydrogen (secondary N) is 1. The quantitative estimate of drug-likeness (QED) is 0.330. The van der Waals surface area contributed by atoms with Crippen molar-refractivity contribution in [1.29, 1.82) is 0 Å². The van der Waals surface area contributed by atoms with Crippen LogP contribution in [0.3, 0.4) is 0 Å². The molecule has 3 heterocycles. The summed E-state index contributed by atoms with van der Waals surface area (Å²) in [7, 11) is 0. The van der Waals surface area contributed by atoms with Gasteiger partial charge in [0.05, 0.1) is 16.7 Å². The summed E-state index contributed by atoms with van der Waals surface area (Å²) in [6, 6.07) is 20.4. The molecule has 0 bridgehead atoms. The van der Waals surface area contributed by atoms with Gasteiger partial charge in [-0.25, -0.2) is 9.67 Å². The van der Waals surface area contributed by atoms with Crippen LogP contribution in [0, 0.1) is 13.8 Å². The third-order valence-electron chi connectivity index (χ3n) is 5.63. The van der Waals surface area contributed by atoms with Crippen LogP contribution in [0.25, 0.3) is 22.2 Å². The number of pyridine rings is 1. The van der Waals surface area contributed by atoms with E-state index in [1.807, 2.05) is 37.4 Å². The SMILES string of the molecule is Cc1ccc(Cn2cc(Br)c(NC(=O)Cn3nc(C)c4c(-c5ccccc5)ccnc43)n2)cc1. The summed E-state index contributed by atoms with van der Waals surface area (Å²) in [6.45, 7) is 4.65. The van der Waals surface area contributed by atoms with E-state index in [4.69, 9.17) is 0 Å². The number of rotatable bonds is 6. The second-order valence-electron chi connectivity index (χ2n) is 8.22. The van der Waals surface area contributed by atoms with E-state index < -0.39 is 0 Å². The minimum Gasteiger partial charge on any atom is -0.307 e. The summed E-state index contributed by atoms with van der Waals surface area (Å²) in [5, 5.41) is 13.0. The second kappa shape index (κ2) is 9.23. The summed E-state index contributed by atoms with van der Waals surface area (Å²) in [5.74, 6) is 0.251. The van der Waals surface area contributed by atoms with E-state index in [1.165, 1.54) is 5.56 Å². The molecule has 0 saturated heterocycles. The predicted molar refractivity (Wildman–Crippen MR) is 137 cm³/mol. The maximum Gasteiger partial charge on any atom is 0.247 e. The van der Waals surface area contributed by atoms with Crippen molar-refractivity contribution >= 4 is 38.7 Å². The molecule has 5 rings (SSSR count). The van der Waals surface area contributed by atoms with Crippen molar-refractivity contribution in [3.63, 3.8) is 0 Å². The molecule has 2 aromatic carbocycles. The molecule has 1 amide bonds. The number of hydrogen-bond donors (Lipinski definition) is 1. The summed E-state index contributed by atoms with van der Waals surface area (Å²) in [5.41, 5.74) is 6.00. The first-order chi connectivity index (χ1) is 16.5. The Kier molecular flexibility index (Phi) is 5.98. The molecule has 0 aliphatic heterocycles. The number of carbonyl (C=O) groups is 1. The molecule has 8 heteroatoms. The fourth-order valence-corrected chi connectivity index (χ4v) is 4.42. The second-order valence-corrected chi connectivity index (χ2v) is 9.08. The molecule has 3 aromatic heterocycles. The van der Waals surface area contributed by atoms with E-state index in [9.17, 15) is 4.79 Å². The van der Waals surface area contributed by atoms with Gasteiger partial charge in [-0.1, -0.05) is 60.2 Å². The number of hydrogen-bond acceptors (Lipinski definition) is 4. The van der Waals surface area contributed by atoms with Gasteiger partial charge >= 0.3 is 0 Å². The zero-order valence-electron chi connectivity index (χ0n) is 18.9. The first-order valence-electron chi connectivity index (χ1n) is 10.9. The van der Waals surface area contributed by atoms with Gasteiger partial charge in [0.2, 0.25) is 5.91 Å². The summed E-state index contributed by atoms with van der Waals surface area (Å²) >= 11 is 3.50. The Balaban J connectivity index is 1.35. The highest BCUT2D eigenvalue weighted by Crippen LogP contribution is 2.29. The van der Waals surface area contributed by atoms with Crippen LogP contribution in [0.5, 0.6) is 0 Å². The molecular weight excluding hydrogens is 492 g/mol. The van der Waals surface area contributed by atoms with Crippen LogP contribution in [-0.2, 0) is 17.9 Å². The maximum atomic E-state index is 12.9. The molecule has 0 aliphatic carbocycles. The Hall–Kier alpha value is -3.78. The number of carbonyl (C=O) groups excluding carboxylic acids is 1. The van der Waals surface area contributed by atoms with Crippen molar-refractivity contribution in [2.45, 2.75) is 26.9 Å². The molecule has 0 radical (unpaired) electrons. The highest BCUT2D eigenvalue weighted by molar-refractivity contribution is 9.10. The van der Waals surface area contributed by atoms with Crippen molar-refractivity contribution in [1.82, 2.24) is 24.5 Å². The number of fused-ring (bicyclic) bond motifs is 1. The molecule has 34 heavy (non-hydrogen) atoms. The molecule has 170 valence electrons. The molecule has 0 fully saturated rings. The predicted octanol–water partition coefficient (Wildman–Crippen LogP) is 5.36. The Labute approximate surface area is 205 Å². The average Bonchev–Trinajstić information content (AvgIpc) is 3.34. The molecule has 7 nitrogen and oxygen atoms in total. The zero-order valence-corrected chi connectivity index (χ0v) is 20.5. The van der Waals surface area contributed by atoms with Crippen molar-refractivity contribution < 1.29 is 4.79 Å². The number of aryl methyl sites for hydroxylation is 2. The van der Waals surface area contributed by atoms with Gasteiger partial charge in [0, 0.05) is 17.8 Å². The topological polar surface area (TPSA) is 77.6 Å². The lowest BCUT2D eigenvalue weighted by molar-refractivity contribution is -0.116. The van der Waals surface area contributed by atoms with Gasteiger partial charge < -0.3 is 5.32 Å². The van der Waals surface area contributed by atoms with Crippen LogP contribution < -0.4 is 5.32 Å². The lowest BCUT2D eigenvalue weighted by Gasteiger charge is -2.06. The van der Waals surface area contributed by atoms with Gasteiger partial charge in [0.15, 0.2) is 11.5 Å². The number of nitrogens with zero attached hydrogens (tertiary/aromatic N) is 5. The highest BCUT2D eigenvalue weighted by atomic mass is 79.9. The standard InChI is InChI=1S/C26H23BrN6O/c1-17-8-10-19(11-9-17)14-32-15-22(27)25(31-32)29-23(34)16-33-26-24(18(2)30-33)21(12-13-28-26)20-6-4-3-5-7-20/h3-13,15H,14,16H2,1-2H3,(H,29,31,34). The van der Waals surface area contributed by atoms with E-state index in [2.05, 4.69) is 79.8 Å². The van der Waals surface area contributed by atoms with Crippen LogP contribution in [0.2, 0.25) is 0 Å². The van der Waals surface area contributed by atoms with Gasteiger partial charge in [0.25, 0.3) is 0 Å². The van der Waals surface area contributed by atoms with E-state index >= 15 is 0 Å². The summed E-state index contributed by atoms with van der Waals surface area (Å²) in [4.78, 5) is 17.4. The summed E-state index contributed by atoms with van der Waals surface area (Å²) in [6.07, 6.45) is 3.61. The van der Waals surface area contributed by atoms with Gasteiger partial charge in [-0.05, 0) is 52.5 Å². The van der Waals surface area contributed by atoms with Gasteiger partial charge in [-0.15, -0.1) is 0 Å². The van der Waals surface area contributed by atoms with E-state index in [-0.39, 0.29) is 12.5 Å². The lowest BCUT2D eigenvalue weighted by atomic mass is 10.0. The number of aromatic nitrogens is 5. The Bertz CT molecular complexity index is 1470. The molecule has 1 N–H and O–H groups in total. The monoisotopic (exact) mass is 514 g/mol. The van der Waals surface area contributed by atoms with Crippen LogP contribution in [-0.4, -0.2) is 30.5 Å². The average molecular weight is 515 g/mol. The minimum absolute atomic E-state index is 0.0346. The van der Waals surface area contributed by atoms with E-state index in [0.29, 0.717) is 18.0 Å². The van der Waals surface area contributed by atoms with Crippen molar-refractivity contribution in [2.75, 3.05) is 5.32 Å². The Morgan fingerprint density at radius 1 is 1.00 bits per heavy atom. The molecule has 0 saturated carbocycles. The largest absolute Gasteiger partial charge is 0.307 e. The van der Waals surface area contributed by atoms with Crippen LogP contribution in [0.1, 0.15) is 16.8 Å². The first-order valence-corrected chi connectivity index (χ1v) is 11.7. The first kappa shape index (κ1) is 22.0. The Morgan fingerprint density at radius 2 is 1.76 bits per heavy atom. The minimum atomic E-state index is -0.224. The van der Waals surface area contributed by atoms with Crippen molar-refractivity contribution in [2.24, 2.45) is 0 Å². The smallest absolute Gasteiger partial charge is 0.247 e. The fourth-order valence-electron chi connectivity index (χ4n) is 4.00. The van der Waals surface area contributed by atoms with Crippen molar-refractivity contribution in [3.8, 4) is 11.1 Å². The van der Waals surface area contributed by atoms with Gasteiger partial charge in [0.1, 0.15) is 6.54 Å². The molecule has 0 atom stereocenters. The summed E-state index contributed by atoms with van der Waals surface area (Å²) < 4.78 is 4.16. The van der Waals surface area contributed by atoms with Crippen LogP contribution in [0.4, 0.5) is 5.82 Å². The third-order valence-corrected chi connectivity index (χ3v) is 6.21. The molecule has 0 spiro atoms. The van der Waals surface area contributed by atoms with Crippen molar-refractivity contribution in [3.05, 3.63) is 94.4 Å². The van der Waals surface area contributed by atoms with E-state index in [1.54, 1.807) is 15.6 Å².